The van der Waals surface area contributed by atoms with E-state index < -0.39 is 0 Å². The molecule has 1 heterocycles. The van der Waals surface area contributed by atoms with Crippen molar-refractivity contribution in [2.24, 2.45) is 0 Å². The van der Waals surface area contributed by atoms with E-state index in [2.05, 4.69) is 57.8 Å². The Hall–Kier alpha value is -2.75. The van der Waals surface area contributed by atoms with E-state index >= 15 is 0 Å². The van der Waals surface area contributed by atoms with Crippen LogP contribution in [0.15, 0.2) is 54.7 Å². The molecule has 0 unspecified atom stereocenters. The lowest BCUT2D eigenvalue weighted by molar-refractivity contribution is -0.121. The number of hydrogen-bond donors (Lipinski definition) is 2. The molecule has 0 saturated heterocycles. The Morgan fingerprint density at radius 3 is 2.60 bits per heavy atom. The summed E-state index contributed by atoms with van der Waals surface area (Å²) in [5, 5.41) is 4.26. The van der Waals surface area contributed by atoms with E-state index in [1.165, 1.54) is 10.9 Å². The largest absolute Gasteiger partial charge is 0.378 e. The summed E-state index contributed by atoms with van der Waals surface area (Å²) in [4.78, 5) is 17.4. The van der Waals surface area contributed by atoms with Crippen molar-refractivity contribution in [3.8, 4) is 0 Å². The monoisotopic (exact) mass is 335 g/mol. The minimum absolute atomic E-state index is 0.108. The van der Waals surface area contributed by atoms with Crippen LogP contribution in [-0.2, 0) is 17.8 Å². The lowest BCUT2D eigenvalue weighted by Crippen LogP contribution is -2.22. The third kappa shape index (κ3) is 4.41. The van der Waals surface area contributed by atoms with Crippen molar-refractivity contribution >= 4 is 22.5 Å². The molecule has 0 aliphatic carbocycles. The van der Waals surface area contributed by atoms with Gasteiger partial charge in [-0.3, -0.25) is 4.79 Å². The molecule has 25 heavy (non-hydrogen) atoms. The Balaban J connectivity index is 1.43. The van der Waals surface area contributed by atoms with Crippen molar-refractivity contribution in [2.75, 3.05) is 19.0 Å². The molecule has 1 aromatic heterocycles. The Labute approximate surface area is 148 Å². The van der Waals surface area contributed by atoms with Crippen LogP contribution in [0.5, 0.6) is 0 Å². The number of nitrogens with one attached hydrogen (secondary N) is 2. The van der Waals surface area contributed by atoms with Crippen LogP contribution in [0.25, 0.3) is 10.9 Å². The molecule has 0 saturated carbocycles. The van der Waals surface area contributed by atoms with Gasteiger partial charge in [-0.2, -0.15) is 0 Å². The standard InChI is InChI=1S/C21H25N3O/c1-24(2)18-12-10-16(11-13-18)14-23-21(25)9-5-6-17-15-22-20-8-4-3-7-19(17)20/h3-4,7-8,10-13,15,22H,5-6,9,14H2,1-2H3,(H,23,25). The summed E-state index contributed by atoms with van der Waals surface area (Å²) in [7, 11) is 4.04. The van der Waals surface area contributed by atoms with Gasteiger partial charge in [0.2, 0.25) is 5.91 Å². The molecular weight excluding hydrogens is 310 g/mol. The van der Waals surface area contributed by atoms with Crippen LogP contribution in [0.2, 0.25) is 0 Å². The lowest BCUT2D eigenvalue weighted by atomic mass is 10.1. The maximum atomic E-state index is 12.1. The van der Waals surface area contributed by atoms with E-state index in [-0.39, 0.29) is 5.91 Å². The molecule has 0 spiro atoms. The first-order valence-electron chi connectivity index (χ1n) is 8.71. The first-order chi connectivity index (χ1) is 12.1. The average Bonchev–Trinajstić information content (AvgIpc) is 3.04. The van der Waals surface area contributed by atoms with Crippen molar-refractivity contribution in [3.63, 3.8) is 0 Å². The predicted octanol–water partition coefficient (Wildman–Crippen LogP) is 3.87. The molecule has 4 nitrogen and oxygen atoms in total. The molecule has 2 N–H and O–H groups in total. The molecule has 0 aliphatic rings. The molecule has 0 fully saturated rings. The molecule has 0 bridgehead atoms. The molecule has 3 rings (SSSR count). The number of aromatic nitrogens is 1. The van der Waals surface area contributed by atoms with E-state index in [1.807, 2.05) is 26.2 Å². The summed E-state index contributed by atoms with van der Waals surface area (Å²) in [6, 6.07) is 16.5. The van der Waals surface area contributed by atoms with Gasteiger partial charge in [-0.25, -0.2) is 0 Å². The zero-order valence-corrected chi connectivity index (χ0v) is 14.9. The maximum absolute atomic E-state index is 12.1. The average molecular weight is 335 g/mol. The topological polar surface area (TPSA) is 48.1 Å². The molecular formula is C21H25N3O. The van der Waals surface area contributed by atoms with E-state index in [0.717, 1.165) is 29.6 Å². The van der Waals surface area contributed by atoms with Gasteiger partial charge in [-0.15, -0.1) is 0 Å². The summed E-state index contributed by atoms with van der Waals surface area (Å²) in [6.07, 6.45) is 4.37. The first kappa shape index (κ1) is 17.1. The van der Waals surface area contributed by atoms with Gasteiger partial charge in [0, 0.05) is 49.8 Å². The number of carbonyl (C=O) groups excluding carboxylic acids is 1. The number of aryl methyl sites for hydroxylation is 1. The molecule has 0 radical (unpaired) electrons. The number of fused-ring (bicyclic) bond motifs is 1. The second-order valence-corrected chi connectivity index (χ2v) is 6.55. The zero-order valence-electron chi connectivity index (χ0n) is 14.9. The highest BCUT2D eigenvalue weighted by Crippen LogP contribution is 2.19. The van der Waals surface area contributed by atoms with Gasteiger partial charge in [0.05, 0.1) is 0 Å². The van der Waals surface area contributed by atoms with Gasteiger partial charge in [0.25, 0.3) is 0 Å². The Bertz CT molecular complexity index is 834. The van der Waals surface area contributed by atoms with Crippen LogP contribution < -0.4 is 10.2 Å². The van der Waals surface area contributed by atoms with Crippen molar-refractivity contribution < 1.29 is 4.79 Å². The highest BCUT2D eigenvalue weighted by Gasteiger charge is 2.06. The number of para-hydroxylation sites is 1. The van der Waals surface area contributed by atoms with Gasteiger partial charge in [0.1, 0.15) is 0 Å². The zero-order chi connectivity index (χ0) is 17.6. The number of amides is 1. The van der Waals surface area contributed by atoms with Crippen LogP contribution in [0.3, 0.4) is 0 Å². The SMILES string of the molecule is CN(C)c1ccc(CNC(=O)CCCc2c[nH]c3ccccc23)cc1. The Morgan fingerprint density at radius 1 is 1.08 bits per heavy atom. The van der Waals surface area contributed by atoms with E-state index in [1.54, 1.807) is 0 Å². The van der Waals surface area contributed by atoms with Crippen LogP contribution in [0, 0.1) is 0 Å². The smallest absolute Gasteiger partial charge is 0.220 e. The number of H-pyrrole nitrogens is 1. The summed E-state index contributed by atoms with van der Waals surface area (Å²) in [6.45, 7) is 0.583. The van der Waals surface area contributed by atoms with E-state index in [9.17, 15) is 4.79 Å². The lowest BCUT2D eigenvalue weighted by Gasteiger charge is -2.13. The van der Waals surface area contributed by atoms with Crippen LogP contribution in [0.4, 0.5) is 5.69 Å². The summed E-state index contributed by atoms with van der Waals surface area (Å²) >= 11 is 0. The summed E-state index contributed by atoms with van der Waals surface area (Å²) < 4.78 is 0. The second-order valence-electron chi connectivity index (χ2n) is 6.55. The molecule has 0 aliphatic heterocycles. The number of anilines is 1. The Kier molecular flexibility index (Phi) is 5.39. The van der Waals surface area contributed by atoms with Gasteiger partial charge >= 0.3 is 0 Å². The fourth-order valence-electron chi connectivity index (χ4n) is 2.98. The van der Waals surface area contributed by atoms with Crippen LogP contribution in [-0.4, -0.2) is 25.0 Å². The van der Waals surface area contributed by atoms with Crippen molar-refractivity contribution in [2.45, 2.75) is 25.8 Å². The highest BCUT2D eigenvalue weighted by molar-refractivity contribution is 5.83. The van der Waals surface area contributed by atoms with Crippen molar-refractivity contribution in [1.82, 2.24) is 10.3 Å². The highest BCUT2D eigenvalue weighted by atomic mass is 16.1. The molecule has 1 amide bonds. The molecule has 130 valence electrons. The molecule has 4 heteroatoms. The van der Waals surface area contributed by atoms with Gasteiger partial charge in [0.15, 0.2) is 0 Å². The van der Waals surface area contributed by atoms with Gasteiger partial charge < -0.3 is 15.2 Å². The van der Waals surface area contributed by atoms with Crippen molar-refractivity contribution in [3.05, 3.63) is 65.9 Å². The number of rotatable bonds is 7. The minimum atomic E-state index is 0.108. The second kappa shape index (κ2) is 7.88. The van der Waals surface area contributed by atoms with E-state index in [4.69, 9.17) is 0 Å². The number of benzene rings is 2. The quantitative estimate of drug-likeness (QED) is 0.688. The van der Waals surface area contributed by atoms with Gasteiger partial charge in [-0.05, 0) is 42.2 Å². The van der Waals surface area contributed by atoms with Gasteiger partial charge in [-0.1, -0.05) is 30.3 Å². The maximum Gasteiger partial charge on any atom is 0.220 e. The Morgan fingerprint density at radius 2 is 1.84 bits per heavy atom. The predicted molar refractivity (Wildman–Crippen MR) is 104 cm³/mol. The number of aromatic amines is 1. The number of hydrogen-bond acceptors (Lipinski definition) is 2. The fraction of sp³-hybridized carbons (Fsp3) is 0.286. The molecule has 2 aromatic carbocycles. The number of carbonyl (C=O) groups is 1. The minimum Gasteiger partial charge on any atom is -0.378 e. The van der Waals surface area contributed by atoms with E-state index in [0.29, 0.717) is 13.0 Å². The van der Waals surface area contributed by atoms with Crippen LogP contribution in [0.1, 0.15) is 24.0 Å². The van der Waals surface area contributed by atoms with Crippen molar-refractivity contribution in [1.29, 1.82) is 0 Å². The fourth-order valence-corrected chi connectivity index (χ4v) is 2.98. The summed E-state index contributed by atoms with van der Waals surface area (Å²) in [5.41, 5.74) is 4.72. The molecule has 0 atom stereocenters. The van der Waals surface area contributed by atoms with Crippen LogP contribution >= 0.6 is 0 Å². The summed E-state index contributed by atoms with van der Waals surface area (Å²) in [5.74, 6) is 0.108. The third-order valence-electron chi connectivity index (χ3n) is 4.47. The number of nitrogens with zero attached hydrogens (tertiary/aromatic N) is 1. The molecule has 3 aromatic rings. The third-order valence-corrected chi connectivity index (χ3v) is 4.47. The first-order valence-corrected chi connectivity index (χ1v) is 8.71. The normalized spacial score (nSPS) is 10.8.